The summed E-state index contributed by atoms with van der Waals surface area (Å²) < 4.78 is 2.13. The molecule has 1 N–H and O–H groups in total. The smallest absolute Gasteiger partial charge is 0.322 e. The highest BCUT2D eigenvalue weighted by molar-refractivity contribution is 6.39. The topological polar surface area (TPSA) is 96.9 Å². The third-order valence-electron chi connectivity index (χ3n) is 3.97. The highest BCUT2D eigenvalue weighted by atomic mass is 35.5. The van der Waals surface area contributed by atoms with E-state index in [0.29, 0.717) is 25.1 Å². The molecule has 9 heteroatoms. The Morgan fingerprint density at radius 3 is 2.60 bits per heavy atom. The van der Waals surface area contributed by atoms with Gasteiger partial charge >= 0.3 is 5.69 Å². The number of amides is 1. The van der Waals surface area contributed by atoms with Crippen LogP contribution in [0.25, 0.3) is 0 Å². The van der Waals surface area contributed by atoms with Crippen LogP contribution in [0.1, 0.15) is 17.7 Å². The van der Waals surface area contributed by atoms with Crippen LogP contribution >= 0.6 is 23.2 Å². The number of benzene rings is 1. The molecule has 0 radical (unpaired) electrons. The lowest BCUT2D eigenvalue weighted by molar-refractivity contribution is -0.116. The SMILES string of the molecule is N#Cc1c2n(c(=O)n(CC(=O)Nc3c(Cl)cccc3Cl)c1=O)CCC2. The van der Waals surface area contributed by atoms with Crippen molar-refractivity contribution < 1.29 is 4.79 Å². The van der Waals surface area contributed by atoms with Crippen LogP contribution < -0.4 is 16.6 Å². The molecule has 1 aliphatic heterocycles. The van der Waals surface area contributed by atoms with Gasteiger partial charge in [-0.2, -0.15) is 5.26 Å². The van der Waals surface area contributed by atoms with Crippen LogP contribution in [0.3, 0.4) is 0 Å². The predicted octanol–water partition coefficient (Wildman–Crippen LogP) is 1.77. The Kier molecular flexibility index (Phi) is 4.66. The number of anilines is 1. The normalized spacial score (nSPS) is 12.5. The Balaban J connectivity index is 1.97. The number of fused-ring (bicyclic) bond motifs is 1. The monoisotopic (exact) mass is 378 g/mol. The van der Waals surface area contributed by atoms with Crippen LogP contribution in [0, 0.1) is 11.3 Å². The van der Waals surface area contributed by atoms with Gasteiger partial charge in [0.2, 0.25) is 5.91 Å². The molecule has 7 nitrogen and oxygen atoms in total. The number of nitrogens with zero attached hydrogens (tertiary/aromatic N) is 3. The van der Waals surface area contributed by atoms with Crippen molar-refractivity contribution in [3.8, 4) is 6.07 Å². The van der Waals surface area contributed by atoms with Crippen molar-refractivity contribution in [2.75, 3.05) is 5.32 Å². The van der Waals surface area contributed by atoms with E-state index < -0.39 is 23.7 Å². The summed E-state index contributed by atoms with van der Waals surface area (Å²) in [7, 11) is 0. The molecular formula is C16H12Cl2N4O3. The minimum Gasteiger partial charge on any atom is -0.322 e. The molecule has 1 amide bonds. The summed E-state index contributed by atoms with van der Waals surface area (Å²) >= 11 is 12.0. The molecule has 0 aliphatic carbocycles. The minimum absolute atomic E-state index is 0.0966. The largest absolute Gasteiger partial charge is 0.331 e. The Morgan fingerprint density at radius 2 is 1.96 bits per heavy atom. The summed E-state index contributed by atoms with van der Waals surface area (Å²) in [6, 6.07) is 6.56. The van der Waals surface area contributed by atoms with Gasteiger partial charge in [-0.05, 0) is 25.0 Å². The fourth-order valence-corrected chi connectivity index (χ4v) is 3.32. The molecule has 0 atom stereocenters. The maximum absolute atomic E-state index is 12.5. The quantitative estimate of drug-likeness (QED) is 0.879. The van der Waals surface area contributed by atoms with Gasteiger partial charge in [-0.1, -0.05) is 29.3 Å². The molecule has 0 saturated carbocycles. The van der Waals surface area contributed by atoms with Gasteiger partial charge in [0, 0.05) is 12.2 Å². The van der Waals surface area contributed by atoms with Gasteiger partial charge in [-0.15, -0.1) is 0 Å². The van der Waals surface area contributed by atoms with Gasteiger partial charge in [-0.3, -0.25) is 14.2 Å². The second-order valence-corrected chi connectivity index (χ2v) is 6.32. The summed E-state index contributed by atoms with van der Waals surface area (Å²) in [6.45, 7) is -0.116. The van der Waals surface area contributed by atoms with Gasteiger partial charge in [0.15, 0.2) is 0 Å². The Labute approximate surface area is 152 Å². The van der Waals surface area contributed by atoms with Gasteiger partial charge in [0.1, 0.15) is 18.2 Å². The van der Waals surface area contributed by atoms with E-state index in [1.165, 1.54) is 4.57 Å². The van der Waals surface area contributed by atoms with Gasteiger partial charge in [-0.25, -0.2) is 9.36 Å². The van der Waals surface area contributed by atoms with Crippen LogP contribution in [0.5, 0.6) is 0 Å². The first-order valence-electron chi connectivity index (χ1n) is 7.44. The summed E-state index contributed by atoms with van der Waals surface area (Å²) in [5.41, 5.74) is -0.826. The predicted molar refractivity (Wildman–Crippen MR) is 93.1 cm³/mol. The zero-order valence-corrected chi connectivity index (χ0v) is 14.4. The van der Waals surface area contributed by atoms with Crippen molar-refractivity contribution in [2.24, 2.45) is 0 Å². The molecule has 0 spiro atoms. The van der Waals surface area contributed by atoms with E-state index in [2.05, 4.69) is 5.32 Å². The van der Waals surface area contributed by atoms with Crippen LogP contribution in [-0.2, 0) is 24.3 Å². The number of carbonyl (C=O) groups is 1. The first-order chi connectivity index (χ1) is 11.9. The van der Waals surface area contributed by atoms with Crippen molar-refractivity contribution in [1.82, 2.24) is 9.13 Å². The van der Waals surface area contributed by atoms with E-state index in [1.807, 2.05) is 6.07 Å². The van der Waals surface area contributed by atoms with Crippen molar-refractivity contribution in [3.63, 3.8) is 0 Å². The number of para-hydroxylation sites is 1. The third-order valence-corrected chi connectivity index (χ3v) is 4.60. The average Bonchev–Trinajstić information content (AvgIpc) is 3.05. The molecule has 1 aromatic heterocycles. The van der Waals surface area contributed by atoms with Crippen molar-refractivity contribution in [3.05, 3.63) is 60.3 Å². The summed E-state index contributed by atoms with van der Waals surface area (Å²) in [5.74, 6) is -0.642. The first-order valence-corrected chi connectivity index (χ1v) is 8.20. The molecule has 0 saturated heterocycles. The molecule has 3 rings (SSSR count). The molecule has 0 unspecified atom stereocenters. The van der Waals surface area contributed by atoms with E-state index >= 15 is 0 Å². The average molecular weight is 379 g/mol. The van der Waals surface area contributed by atoms with E-state index in [1.54, 1.807) is 18.2 Å². The van der Waals surface area contributed by atoms with Crippen LogP contribution in [0.15, 0.2) is 27.8 Å². The number of rotatable bonds is 3. The van der Waals surface area contributed by atoms with Crippen molar-refractivity contribution in [1.29, 1.82) is 5.26 Å². The highest BCUT2D eigenvalue weighted by Crippen LogP contribution is 2.29. The number of halogens is 2. The molecular weight excluding hydrogens is 367 g/mol. The van der Waals surface area contributed by atoms with Crippen molar-refractivity contribution in [2.45, 2.75) is 25.9 Å². The van der Waals surface area contributed by atoms with E-state index in [0.717, 1.165) is 4.57 Å². The zero-order chi connectivity index (χ0) is 18.1. The van der Waals surface area contributed by atoms with E-state index in [9.17, 15) is 19.6 Å². The van der Waals surface area contributed by atoms with E-state index in [-0.39, 0.29) is 21.3 Å². The maximum Gasteiger partial charge on any atom is 0.331 e. The third kappa shape index (κ3) is 3.06. The lowest BCUT2D eigenvalue weighted by Crippen LogP contribution is -2.44. The number of nitriles is 1. The maximum atomic E-state index is 12.5. The second kappa shape index (κ2) is 6.75. The Morgan fingerprint density at radius 1 is 1.28 bits per heavy atom. The fourth-order valence-electron chi connectivity index (χ4n) is 2.83. The second-order valence-electron chi connectivity index (χ2n) is 5.51. The van der Waals surface area contributed by atoms with E-state index in [4.69, 9.17) is 23.2 Å². The summed E-state index contributed by atoms with van der Waals surface area (Å²) in [6.07, 6.45) is 1.17. The number of hydrogen-bond donors (Lipinski definition) is 1. The van der Waals surface area contributed by atoms with Gasteiger partial charge < -0.3 is 5.32 Å². The number of carbonyl (C=O) groups excluding carboxylic acids is 1. The van der Waals surface area contributed by atoms with Crippen LogP contribution in [-0.4, -0.2) is 15.0 Å². The van der Waals surface area contributed by atoms with Crippen LogP contribution in [0.2, 0.25) is 10.0 Å². The highest BCUT2D eigenvalue weighted by Gasteiger charge is 2.23. The summed E-state index contributed by atoms with van der Waals surface area (Å²) in [4.78, 5) is 37.1. The lowest BCUT2D eigenvalue weighted by Gasteiger charge is -2.12. The van der Waals surface area contributed by atoms with Crippen LogP contribution in [0.4, 0.5) is 5.69 Å². The van der Waals surface area contributed by atoms with Crippen molar-refractivity contribution >= 4 is 34.8 Å². The first kappa shape index (κ1) is 17.3. The molecule has 1 aromatic carbocycles. The molecule has 128 valence electrons. The molecule has 2 heterocycles. The molecule has 2 aromatic rings. The zero-order valence-electron chi connectivity index (χ0n) is 12.9. The Hall–Kier alpha value is -2.56. The Bertz CT molecular complexity index is 1010. The molecule has 0 fully saturated rings. The number of hydrogen-bond acceptors (Lipinski definition) is 4. The van der Waals surface area contributed by atoms with Gasteiger partial charge in [0.25, 0.3) is 5.56 Å². The molecule has 1 aliphatic rings. The number of nitrogens with one attached hydrogen (secondary N) is 1. The van der Waals surface area contributed by atoms with Gasteiger partial charge in [0.05, 0.1) is 15.7 Å². The molecule has 0 bridgehead atoms. The lowest BCUT2D eigenvalue weighted by atomic mass is 10.2. The molecule has 25 heavy (non-hydrogen) atoms. The summed E-state index contributed by atoms with van der Waals surface area (Å²) in [5, 5.41) is 12.2. The minimum atomic E-state index is -0.763. The standard InChI is InChI=1S/C16H12Cl2N4O3/c17-10-3-1-4-11(18)14(10)20-13(23)8-22-15(24)9(7-19)12-5-2-6-21(12)16(22)25/h1,3-4H,2,5-6,8H2,(H,20,23). The fraction of sp³-hybridized carbons (Fsp3) is 0.250. The number of aromatic nitrogens is 2.